The van der Waals surface area contributed by atoms with Crippen molar-refractivity contribution >= 4 is 23.4 Å². The average molecular weight is 289 g/mol. The van der Waals surface area contributed by atoms with Crippen LogP contribution in [0.15, 0.2) is 0 Å². The molecule has 102 valence electrons. The lowest BCUT2D eigenvalue weighted by molar-refractivity contribution is 0.377. The molecule has 0 amide bonds. The molecule has 2 heterocycles. The van der Waals surface area contributed by atoms with E-state index >= 15 is 0 Å². The van der Waals surface area contributed by atoms with Crippen LogP contribution in [0, 0.1) is 12.8 Å². The van der Waals surface area contributed by atoms with Crippen LogP contribution in [-0.4, -0.2) is 27.3 Å². The van der Waals surface area contributed by atoms with Gasteiger partial charge in [-0.1, -0.05) is 11.6 Å². The van der Waals surface area contributed by atoms with Gasteiger partial charge in [-0.05, 0) is 37.7 Å². The summed E-state index contributed by atoms with van der Waals surface area (Å²) in [5, 5.41) is 5.25. The average Bonchev–Trinajstić information content (AvgIpc) is 2.98. The minimum atomic E-state index is 0.291. The highest BCUT2D eigenvalue weighted by Gasteiger charge is 2.27. The maximum absolute atomic E-state index is 6.34. The lowest BCUT2D eigenvalue weighted by atomic mass is 9.95. The second-order valence-corrected chi connectivity index (χ2v) is 6.29. The van der Waals surface area contributed by atoms with Gasteiger partial charge in [-0.15, -0.1) is 0 Å². The molecular formula is C12H21ClN4S. The molecule has 1 aliphatic heterocycles. The Hall–Kier alpha value is -0.230. The van der Waals surface area contributed by atoms with Crippen LogP contribution in [0.5, 0.6) is 0 Å². The van der Waals surface area contributed by atoms with Crippen molar-refractivity contribution in [1.82, 2.24) is 15.2 Å². The zero-order valence-electron chi connectivity index (χ0n) is 10.9. The number of nitrogens with two attached hydrogens (primary N) is 1. The molecule has 0 radical (unpaired) electrons. The van der Waals surface area contributed by atoms with Crippen LogP contribution in [-0.2, 0) is 13.0 Å². The molecule has 0 spiro atoms. The van der Waals surface area contributed by atoms with E-state index in [0.29, 0.717) is 12.0 Å². The van der Waals surface area contributed by atoms with E-state index in [1.807, 2.05) is 23.4 Å². The van der Waals surface area contributed by atoms with Crippen LogP contribution in [0.2, 0.25) is 5.02 Å². The number of hydrogen-bond acceptors (Lipinski definition) is 4. The maximum Gasteiger partial charge on any atom is 0.0847 e. The zero-order valence-corrected chi connectivity index (χ0v) is 12.5. The molecular weight excluding hydrogens is 268 g/mol. The Morgan fingerprint density at radius 2 is 2.44 bits per heavy atom. The minimum absolute atomic E-state index is 0.291. The highest BCUT2D eigenvalue weighted by Crippen LogP contribution is 2.29. The summed E-state index contributed by atoms with van der Waals surface area (Å²) in [6.45, 7) is 4.89. The number of hydrogen-bond donors (Lipinski definition) is 2. The van der Waals surface area contributed by atoms with E-state index in [9.17, 15) is 0 Å². The van der Waals surface area contributed by atoms with Gasteiger partial charge in [-0.3, -0.25) is 16.0 Å². The molecule has 3 N–H and O–H groups in total. The summed E-state index contributed by atoms with van der Waals surface area (Å²) in [7, 11) is 0. The van der Waals surface area contributed by atoms with Gasteiger partial charge in [0.2, 0.25) is 0 Å². The molecule has 2 atom stereocenters. The van der Waals surface area contributed by atoms with E-state index in [4.69, 9.17) is 17.4 Å². The Balaban J connectivity index is 2.15. The molecule has 1 saturated heterocycles. The van der Waals surface area contributed by atoms with Crippen molar-refractivity contribution in [3.8, 4) is 0 Å². The molecule has 1 aromatic rings. The van der Waals surface area contributed by atoms with Crippen molar-refractivity contribution in [3.63, 3.8) is 0 Å². The molecule has 1 aliphatic rings. The predicted octanol–water partition coefficient (Wildman–Crippen LogP) is 1.99. The quantitative estimate of drug-likeness (QED) is 0.643. The van der Waals surface area contributed by atoms with Crippen LogP contribution >= 0.6 is 23.4 Å². The zero-order chi connectivity index (χ0) is 13.1. The molecule has 1 fully saturated rings. The number of aromatic nitrogens is 2. The molecule has 18 heavy (non-hydrogen) atoms. The Kier molecular flexibility index (Phi) is 4.95. The summed E-state index contributed by atoms with van der Waals surface area (Å²) in [5.41, 5.74) is 4.98. The van der Waals surface area contributed by atoms with E-state index in [0.717, 1.165) is 29.4 Å². The fraction of sp³-hybridized carbons (Fsp3) is 0.750. The van der Waals surface area contributed by atoms with Gasteiger partial charge in [0.25, 0.3) is 0 Å². The minimum Gasteiger partial charge on any atom is -0.271 e. The van der Waals surface area contributed by atoms with Crippen LogP contribution in [0.3, 0.4) is 0 Å². The van der Waals surface area contributed by atoms with Gasteiger partial charge >= 0.3 is 0 Å². The van der Waals surface area contributed by atoms with Gasteiger partial charge in [0, 0.05) is 19.0 Å². The number of thioether (sulfide) groups is 1. The summed E-state index contributed by atoms with van der Waals surface area (Å²) >= 11 is 8.35. The monoisotopic (exact) mass is 288 g/mol. The molecule has 0 aromatic carbocycles. The summed E-state index contributed by atoms with van der Waals surface area (Å²) in [6.07, 6.45) is 2.09. The van der Waals surface area contributed by atoms with E-state index in [1.165, 1.54) is 17.9 Å². The Morgan fingerprint density at radius 1 is 1.67 bits per heavy atom. The van der Waals surface area contributed by atoms with Gasteiger partial charge in [0.1, 0.15) is 0 Å². The molecule has 0 aliphatic carbocycles. The van der Waals surface area contributed by atoms with E-state index < -0.39 is 0 Å². The standard InChI is InChI=1S/C12H21ClN4S/c1-3-17-11(12(13)8(2)16-17)6-10(15-14)9-4-5-18-7-9/h9-10,15H,3-7,14H2,1-2H3. The molecule has 2 rings (SSSR count). The number of rotatable bonds is 5. The number of nitrogens with zero attached hydrogens (tertiary/aromatic N) is 2. The predicted molar refractivity (Wildman–Crippen MR) is 77.9 cm³/mol. The van der Waals surface area contributed by atoms with Crippen LogP contribution < -0.4 is 11.3 Å². The molecule has 0 bridgehead atoms. The highest BCUT2D eigenvalue weighted by atomic mass is 35.5. The first-order valence-electron chi connectivity index (χ1n) is 6.43. The topological polar surface area (TPSA) is 55.9 Å². The number of nitrogens with one attached hydrogen (secondary N) is 1. The first-order valence-corrected chi connectivity index (χ1v) is 7.96. The molecule has 4 nitrogen and oxygen atoms in total. The Labute approximate surface area is 118 Å². The normalized spacial score (nSPS) is 21.4. The highest BCUT2D eigenvalue weighted by molar-refractivity contribution is 7.99. The van der Waals surface area contributed by atoms with Crippen molar-refractivity contribution in [3.05, 3.63) is 16.4 Å². The Morgan fingerprint density at radius 3 is 3.00 bits per heavy atom. The summed E-state index contributed by atoms with van der Waals surface area (Å²) in [5.74, 6) is 8.78. The summed E-state index contributed by atoms with van der Waals surface area (Å²) in [6, 6.07) is 0.291. The van der Waals surface area contributed by atoms with Crippen molar-refractivity contribution < 1.29 is 0 Å². The van der Waals surface area contributed by atoms with Crippen LogP contribution in [0.25, 0.3) is 0 Å². The molecule has 6 heteroatoms. The fourth-order valence-corrected chi connectivity index (χ4v) is 4.05. The lowest BCUT2D eigenvalue weighted by Crippen LogP contribution is -2.43. The van der Waals surface area contributed by atoms with Crippen LogP contribution in [0.4, 0.5) is 0 Å². The molecule has 2 unspecified atom stereocenters. The first kappa shape index (κ1) is 14.2. The van der Waals surface area contributed by atoms with Gasteiger partial charge in [-0.25, -0.2) is 0 Å². The first-order chi connectivity index (χ1) is 8.67. The SMILES string of the molecule is CCn1nc(C)c(Cl)c1CC(NN)C1CCSC1. The third-order valence-corrected chi connectivity index (χ3v) is 5.29. The second kappa shape index (κ2) is 6.28. The smallest absolute Gasteiger partial charge is 0.0847 e. The van der Waals surface area contributed by atoms with Crippen molar-refractivity contribution in [2.24, 2.45) is 11.8 Å². The third-order valence-electron chi connectivity index (χ3n) is 3.61. The van der Waals surface area contributed by atoms with Crippen LogP contribution in [0.1, 0.15) is 24.7 Å². The summed E-state index contributed by atoms with van der Waals surface area (Å²) < 4.78 is 1.99. The van der Waals surface area contributed by atoms with Gasteiger partial charge in [0.05, 0.1) is 16.4 Å². The molecule has 0 saturated carbocycles. The van der Waals surface area contributed by atoms with E-state index in [1.54, 1.807) is 0 Å². The van der Waals surface area contributed by atoms with Crippen molar-refractivity contribution in [2.75, 3.05) is 11.5 Å². The maximum atomic E-state index is 6.34. The van der Waals surface area contributed by atoms with Crippen molar-refractivity contribution in [1.29, 1.82) is 0 Å². The largest absolute Gasteiger partial charge is 0.271 e. The van der Waals surface area contributed by atoms with Gasteiger partial charge < -0.3 is 0 Å². The second-order valence-electron chi connectivity index (χ2n) is 4.76. The fourth-order valence-electron chi connectivity index (χ4n) is 2.50. The lowest BCUT2D eigenvalue weighted by Gasteiger charge is -2.22. The van der Waals surface area contributed by atoms with Crippen molar-refractivity contribution in [2.45, 2.75) is 39.3 Å². The van der Waals surface area contributed by atoms with Gasteiger partial charge in [-0.2, -0.15) is 16.9 Å². The van der Waals surface area contributed by atoms with Gasteiger partial charge in [0.15, 0.2) is 0 Å². The Bertz CT molecular complexity index is 401. The third kappa shape index (κ3) is 2.85. The summed E-state index contributed by atoms with van der Waals surface area (Å²) in [4.78, 5) is 0. The number of halogens is 1. The number of aryl methyl sites for hydroxylation is 2. The van der Waals surface area contributed by atoms with E-state index in [-0.39, 0.29) is 0 Å². The van der Waals surface area contributed by atoms with E-state index in [2.05, 4.69) is 17.4 Å². The molecule has 1 aromatic heterocycles. The number of hydrazine groups is 1.